The minimum Gasteiger partial charge on any atom is -0.497 e. The molecule has 0 bridgehead atoms. The Kier molecular flexibility index (Phi) is 5.04. The molecule has 0 saturated carbocycles. The smallest absolute Gasteiger partial charge is 0.250 e. The average Bonchev–Trinajstić information content (AvgIpc) is 3.52. The summed E-state index contributed by atoms with van der Waals surface area (Å²) >= 11 is 1.83. The molecule has 3 heterocycles. The third kappa shape index (κ3) is 2.91. The van der Waals surface area contributed by atoms with Gasteiger partial charge < -0.3 is 10.1 Å². The summed E-state index contributed by atoms with van der Waals surface area (Å²) in [6.07, 6.45) is 0. The Balaban J connectivity index is 1.62. The quantitative estimate of drug-likeness (QED) is 0.554. The van der Waals surface area contributed by atoms with Gasteiger partial charge in [0.25, 0.3) is 0 Å². The minimum atomic E-state index is -1.08. The second-order valence-electron chi connectivity index (χ2n) is 9.31. The monoisotopic (exact) mass is 470 g/mol. The lowest BCUT2D eigenvalue weighted by atomic mass is 9.69. The molecule has 34 heavy (non-hydrogen) atoms. The summed E-state index contributed by atoms with van der Waals surface area (Å²) in [6, 6.07) is 23.7. The van der Waals surface area contributed by atoms with Crippen LogP contribution < -0.4 is 10.1 Å². The molecule has 3 aliphatic heterocycles. The Morgan fingerprint density at radius 2 is 1.85 bits per heavy atom. The highest BCUT2D eigenvalue weighted by atomic mass is 32.2. The van der Waals surface area contributed by atoms with E-state index in [1.807, 2.05) is 79.3 Å². The average molecular weight is 471 g/mol. The third-order valence-corrected chi connectivity index (χ3v) is 8.67. The zero-order chi connectivity index (χ0) is 23.4. The molecule has 0 aromatic heterocycles. The molecule has 0 aliphatic carbocycles. The van der Waals surface area contributed by atoms with Gasteiger partial charge in [0.2, 0.25) is 5.91 Å². The van der Waals surface area contributed by atoms with E-state index >= 15 is 0 Å². The summed E-state index contributed by atoms with van der Waals surface area (Å²) < 4.78 is 5.55. The van der Waals surface area contributed by atoms with Crippen molar-refractivity contribution in [3.63, 3.8) is 0 Å². The van der Waals surface area contributed by atoms with Crippen molar-refractivity contribution in [2.24, 2.45) is 5.92 Å². The van der Waals surface area contributed by atoms with Gasteiger partial charge in [-0.25, -0.2) is 0 Å². The van der Waals surface area contributed by atoms with E-state index in [1.54, 1.807) is 7.11 Å². The fraction of sp³-hybridized carbons (Fsp3) is 0.286. The van der Waals surface area contributed by atoms with Gasteiger partial charge in [0.05, 0.1) is 13.0 Å². The van der Waals surface area contributed by atoms with Crippen molar-refractivity contribution >= 4 is 29.1 Å². The van der Waals surface area contributed by atoms with Gasteiger partial charge in [0.15, 0.2) is 5.78 Å². The van der Waals surface area contributed by atoms with Crippen LogP contribution in [0.5, 0.6) is 5.75 Å². The van der Waals surface area contributed by atoms with E-state index in [1.165, 1.54) is 0 Å². The van der Waals surface area contributed by atoms with Gasteiger partial charge in [-0.2, -0.15) is 0 Å². The second-order valence-corrected chi connectivity index (χ2v) is 10.3. The fourth-order valence-corrected chi connectivity index (χ4v) is 7.45. The predicted molar refractivity (Wildman–Crippen MR) is 134 cm³/mol. The highest BCUT2D eigenvalue weighted by Crippen LogP contribution is 2.61. The molecule has 3 aliphatic rings. The van der Waals surface area contributed by atoms with Crippen LogP contribution in [0.1, 0.15) is 33.0 Å². The maximum absolute atomic E-state index is 14.4. The van der Waals surface area contributed by atoms with Gasteiger partial charge >= 0.3 is 0 Å². The molecule has 1 N–H and O–H groups in total. The lowest BCUT2D eigenvalue weighted by Crippen LogP contribution is -2.52. The number of fused-ring (bicyclic) bond motifs is 4. The summed E-state index contributed by atoms with van der Waals surface area (Å²) in [5, 5.41) is 3.11. The van der Waals surface area contributed by atoms with Crippen LogP contribution in [0, 0.1) is 12.8 Å². The second kappa shape index (κ2) is 8.00. The molecule has 6 heteroatoms. The number of aryl methyl sites for hydroxylation is 1. The van der Waals surface area contributed by atoms with Crippen LogP contribution in [0.4, 0.5) is 5.69 Å². The van der Waals surface area contributed by atoms with E-state index in [0.717, 1.165) is 28.1 Å². The van der Waals surface area contributed by atoms with E-state index in [9.17, 15) is 9.59 Å². The first-order chi connectivity index (χ1) is 16.6. The van der Waals surface area contributed by atoms with Crippen LogP contribution in [0.2, 0.25) is 0 Å². The van der Waals surface area contributed by atoms with Crippen LogP contribution in [-0.4, -0.2) is 41.4 Å². The molecule has 172 valence electrons. The molecule has 0 radical (unpaired) electrons. The molecule has 3 aromatic carbocycles. The highest BCUT2D eigenvalue weighted by molar-refractivity contribution is 7.99. The maximum atomic E-state index is 14.4. The van der Waals surface area contributed by atoms with Crippen molar-refractivity contribution in [1.82, 2.24) is 4.90 Å². The van der Waals surface area contributed by atoms with Gasteiger partial charge in [0, 0.05) is 40.4 Å². The molecule has 4 atom stereocenters. The van der Waals surface area contributed by atoms with E-state index in [4.69, 9.17) is 4.74 Å². The van der Waals surface area contributed by atoms with Gasteiger partial charge in [-0.15, -0.1) is 11.8 Å². The summed E-state index contributed by atoms with van der Waals surface area (Å²) in [6.45, 7) is 2.01. The number of carbonyl (C=O) groups is 2. The first kappa shape index (κ1) is 21.4. The highest BCUT2D eigenvalue weighted by Gasteiger charge is 2.69. The lowest BCUT2D eigenvalue weighted by Gasteiger charge is -2.36. The number of benzene rings is 3. The first-order valence-corrected chi connectivity index (χ1v) is 12.7. The molecule has 2 fully saturated rings. The zero-order valence-electron chi connectivity index (χ0n) is 19.2. The molecule has 0 unspecified atom stereocenters. The number of hydrogen-bond donors (Lipinski definition) is 1. The van der Waals surface area contributed by atoms with Gasteiger partial charge in [-0.05, 0) is 30.7 Å². The number of hydrogen-bond acceptors (Lipinski definition) is 5. The normalized spacial score (nSPS) is 27.5. The number of nitrogens with zero attached hydrogens (tertiary/aromatic N) is 1. The Morgan fingerprint density at radius 3 is 2.59 bits per heavy atom. The van der Waals surface area contributed by atoms with Crippen molar-refractivity contribution in [1.29, 1.82) is 0 Å². The number of carbonyl (C=O) groups excluding carboxylic acids is 2. The molecular formula is C28H26N2O3S. The number of anilines is 1. The van der Waals surface area contributed by atoms with Crippen LogP contribution in [0.3, 0.4) is 0 Å². The molecular weight excluding hydrogens is 444 g/mol. The molecule has 6 rings (SSSR count). The van der Waals surface area contributed by atoms with E-state index in [2.05, 4.69) is 22.3 Å². The Hall–Kier alpha value is -3.09. The lowest BCUT2D eigenvalue weighted by molar-refractivity contribution is -0.127. The summed E-state index contributed by atoms with van der Waals surface area (Å²) in [4.78, 5) is 30.7. The number of rotatable bonds is 4. The van der Waals surface area contributed by atoms with Crippen LogP contribution >= 0.6 is 11.8 Å². The first-order valence-electron chi connectivity index (χ1n) is 11.6. The van der Waals surface area contributed by atoms with Crippen LogP contribution in [-0.2, 0) is 10.3 Å². The standard InChI is InChI=1S/C28H26N2O3S/c1-17-8-10-19(11-9-17)26(31)25-24(18-6-4-3-5-7-18)23-15-34-16-30(23)28(25)21-14-20(33-2)12-13-22(21)29-27(28)32/h3-14,23-25H,15-16H2,1-2H3,(H,29,32)/t23-,24-,25+,28-/m1/s1. The Morgan fingerprint density at radius 1 is 1.09 bits per heavy atom. The zero-order valence-corrected chi connectivity index (χ0v) is 20.0. The molecule has 3 aromatic rings. The number of methoxy groups -OCH3 is 1. The minimum absolute atomic E-state index is 0.0130. The topological polar surface area (TPSA) is 58.6 Å². The number of nitrogens with one attached hydrogen (secondary N) is 1. The van der Waals surface area contributed by atoms with Gasteiger partial charge in [0.1, 0.15) is 11.3 Å². The van der Waals surface area contributed by atoms with E-state index < -0.39 is 11.5 Å². The molecule has 1 spiro atoms. The fourth-order valence-electron chi connectivity index (χ4n) is 6.13. The van der Waals surface area contributed by atoms with E-state index in [0.29, 0.717) is 17.2 Å². The number of thioether (sulfide) groups is 1. The summed E-state index contributed by atoms with van der Waals surface area (Å²) in [5.41, 5.74) is 3.37. The number of Topliss-reactive ketones (excluding diaryl/α,β-unsaturated/α-hetero) is 1. The number of ether oxygens (including phenoxy) is 1. The predicted octanol–water partition coefficient (Wildman–Crippen LogP) is 4.82. The van der Waals surface area contributed by atoms with Crippen molar-refractivity contribution in [2.75, 3.05) is 24.1 Å². The van der Waals surface area contributed by atoms with Crippen molar-refractivity contribution in [2.45, 2.75) is 24.4 Å². The van der Waals surface area contributed by atoms with Crippen molar-refractivity contribution in [3.05, 3.63) is 95.1 Å². The largest absolute Gasteiger partial charge is 0.497 e. The maximum Gasteiger partial charge on any atom is 0.250 e. The molecule has 2 saturated heterocycles. The summed E-state index contributed by atoms with van der Waals surface area (Å²) in [5.74, 6) is 1.50. The number of ketones is 1. The van der Waals surface area contributed by atoms with Crippen molar-refractivity contribution in [3.8, 4) is 5.75 Å². The third-order valence-electron chi connectivity index (χ3n) is 7.63. The van der Waals surface area contributed by atoms with Crippen LogP contribution in [0.15, 0.2) is 72.8 Å². The van der Waals surface area contributed by atoms with Crippen LogP contribution in [0.25, 0.3) is 0 Å². The Bertz CT molecular complexity index is 1280. The van der Waals surface area contributed by atoms with Gasteiger partial charge in [-0.1, -0.05) is 60.2 Å². The summed E-state index contributed by atoms with van der Waals surface area (Å²) in [7, 11) is 1.63. The SMILES string of the molecule is COc1ccc2c(c1)[C@]1(C(=O)N2)[C@H](C(=O)c2ccc(C)cc2)[C@H](c2ccccc2)[C@H]2CSCN21. The van der Waals surface area contributed by atoms with E-state index in [-0.39, 0.29) is 23.7 Å². The van der Waals surface area contributed by atoms with Crippen molar-refractivity contribution < 1.29 is 14.3 Å². The molecule has 1 amide bonds. The molecule has 5 nitrogen and oxygen atoms in total. The number of amides is 1. The Labute approximate surface area is 203 Å². The van der Waals surface area contributed by atoms with Gasteiger partial charge in [-0.3, -0.25) is 14.5 Å².